The molecule has 0 radical (unpaired) electrons. The fraction of sp³-hybridized carbons (Fsp3) is 0.150. The molecule has 0 saturated carbocycles. The Hall–Kier alpha value is -2.13. The first-order chi connectivity index (χ1) is 14.1. The molecular formula is C20H14ClN3O2S3. The van der Waals surface area contributed by atoms with Crippen LogP contribution in [0, 0.1) is 0 Å². The summed E-state index contributed by atoms with van der Waals surface area (Å²) in [7, 11) is 1.62. The molecule has 0 bridgehead atoms. The van der Waals surface area contributed by atoms with Crippen molar-refractivity contribution < 1.29 is 9.53 Å². The molecule has 1 aliphatic heterocycles. The van der Waals surface area contributed by atoms with Crippen LogP contribution >= 0.6 is 46.0 Å². The number of hydrogen-bond donors (Lipinski definition) is 0. The van der Waals surface area contributed by atoms with Crippen LogP contribution in [0.25, 0.3) is 10.2 Å². The van der Waals surface area contributed by atoms with Crippen LogP contribution in [-0.2, 0) is 4.79 Å². The van der Waals surface area contributed by atoms with E-state index in [4.69, 9.17) is 16.3 Å². The number of ether oxygens (including phenoxy) is 1. The van der Waals surface area contributed by atoms with Gasteiger partial charge in [-0.2, -0.15) is 0 Å². The maximum Gasteiger partial charge on any atom is 0.249 e. The van der Waals surface area contributed by atoms with Crippen LogP contribution in [0.4, 0.5) is 5.13 Å². The van der Waals surface area contributed by atoms with Gasteiger partial charge in [-0.25, -0.2) is 9.97 Å². The van der Waals surface area contributed by atoms with Gasteiger partial charge < -0.3 is 4.74 Å². The highest BCUT2D eigenvalue weighted by Gasteiger charge is 2.49. The SMILES string of the molecule is COc1ccc(C2C(Cl)C(=O)N2c2nc(Sc3nc4ccccc4s3)cs2)cc1. The van der Waals surface area contributed by atoms with Crippen LogP contribution in [0.1, 0.15) is 11.6 Å². The fourth-order valence-electron chi connectivity index (χ4n) is 3.18. The van der Waals surface area contributed by atoms with Crippen molar-refractivity contribution in [3.63, 3.8) is 0 Å². The maximum atomic E-state index is 12.5. The van der Waals surface area contributed by atoms with E-state index in [1.54, 1.807) is 23.3 Å². The van der Waals surface area contributed by atoms with Crippen LogP contribution in [0.3, 0.4) is 0 Å². The molecule has 1 amide bonds. The standard InChI is InChI=1S/C20H14ClN3O2S3/c1-26-12-8-6-11(7-9-12)17-16(21)18(25)24(17)19-23-15(10-27-19)29-20-22-13-4-2-3-5-14(13)28-20/h2-10,16-17H,1H3. The van der Waals surface area contributed by atoms with Crippen molar-refractivity contribution in [2.24, 2.45) is 0 Å². The number of β-lactam (4-membered cyclic amide) rings is 1. The Morgan fingerprint density at radius 2 is 1.93 bits per heavy atom. The number of alkyl halides is 1. The van der Waals surface area contributed by atoms with E-state index >= 15 is 0 Å². The van der Waals surface area contributed by atoms with Crippen LogP contribution in [0.2, 0.25) is 0 Å². The summed E-state index contributed by atoms with van der Waals surface area (Å²) >= 11 is 10.9. The summed E-state index contributed by atoms with van der Waals surface area (Å²) in [4.78, 5) is 23.4. The first kappa shape index (κ1) is 18.9. The number of rotatable bonds is 5. The third-order valence-electron chi connectivity index (χ3n) is 4.63. The second-order valence-electron chi connectivity index (χ2n) is 6.35. The number of benzene rings is 2. The highest BCUT2D eigenvalue weighted by atomic mass is 35.5. The van der Waals surface area contributed by atoms with E-state index in [0.29, 0.717) is 5.13 Å². The lowest BCUT2D eigenvalue weighted by atomic mass is 9.94. The second kappa shape index (κ2) is 7.60. The van der Waals surface area contributed by atoms with E-state index in [1.807, 2.05) is 47.8 Å². The van der Waals surface area contributed by atoms with Crippen LogP contribution in [0.15, 0.2) is 63.3 Å². The van der Waals surface area contributed by atoms with Gasteiger partial charge in [-0.15, -0.1) is 34.3 Å². The van der Waals surface area contributed by atoms with Crippen LogP contribution in [-0.4, -0.2) is 28.4 Å². The summed E-state index contributed by atoms with van der Waals surface area (Å²) in [6, 6.07) is 15.4. The minimum absolute atomic E-state index is 0.127. The van der Waals surface area contributed by atoms with Gasteiger partial charge in [0.2, 0.25) is 5.91 Å². The average molecular weight is 460 g/mol. The monoisotopic (exact) mass is 459 g/mol. The summed E-state index contributed by atoms with van der Waals surface area (Å²) in [6.45, 7) is 0. The molecule has 146 valence electrons. The van der Waals surface area contributed by atoms with Gasteiger partial charge in [-0.05, 0) is 41.6 Å². The number of fused-ring (bicyclic) bond motifs is 1. The van der Waals surface area contributed by atoms with Crippen LogP contribution < -0.4 is 9.64 Å². The molecule has 5 rings (SSSR count). The predicted octanol–water partition coefficient (Wildman–Crippen LogP) is 5.61. The topological polar surface area (TPSA) is 55.3 Å². The van der Waals surface area contributed by atoms with Crippen LogP contribution in [0.5, 0.6) is 5.75 Å². The van der Waals surface area contributed by atoms with Gasteiger partial charge in [0, 0.05) is 5.38 Å². The largest absolute Gasteiger partial charge is 0.497 e. The number of thiazole rings is 2. The normalized spacial score (nSPS) is 18.8. The lowest BCUT2D eigenvalue weighted by Crippen LogP contribution is -2.56. The molecule has 5 nitrogen and oxygen atoms in total. The molecule has 2 unspecified atom stereocenters. The third kappa shape index (κ3) is 3.40. The summed E-state index contributed by atoms with van der Waals surface area (Å²) in [5.74, 6) is 0.638. The molecular weight excluding hydrogens is 446 g/mol. The molecule has 1 fully saturated rings. The molecule has 0 spiro atoms. The zero-order chi connectivity index (χ0) is 20.0. The molecule has 0 aliphatic carbocycles. The van der Waals surface area contributed by atoms with E-state index in [-0.39, 0.29) is 11.9 Å². The third-order valence-corrected chi connectivity index (χ3v) is 8.06. The number of carbonyl (C=O) groups excluding carboxylic acids is 1. The van der Waals surface area contributed by atoms with E-state index < -0.39 is 5.38 Å². The van der Waals surface area contributed by atoms with Gasteiger partial charge in [0.15, 0.2) is 9.47 Å². The Balaban J connectivity index is 1.38. The van der Waals surface area contributed by atoms with Gasteiger partial charge in [0.25, 0.3) is 0 Å². The van der Waals surface area contributed by atoms with Crippen molar-refractivity contribution in [3.05, 3.63) is 59.5 Å². The smallest absolute Gasteiger partial charge is 0.249 e. The molecule has 2 aromatic carbocycles. The Kier molecular flexibility index (Phi) is 4.95. The molecule has 1 aliphatic rings. The van der Waals surface area contributed by atoms with Gasteiger partial charge in [-0.1, -0.05) is 24.3 Å². The van der Waals surface area contributed by atoms with Crippen molar-refractivity contribution >= 4 is 67.3 Å². The lowest BCUT2D eigenvalue weighted by Gasteiger charge is -2.42. The number of nitrogens with zero attached hydrogens (tertiary/aromatic N) is 3. The van der Waals surface area contributed by atoms with Crippen molar-refractivity contribution in [2.45, 2.75) is 20.8 Å². The number of aromatic nitrogens is 2. The van der Waals surface area contributed by atoms with Crippen molar-refractivity contribution in [3.8, 4) is 5.75 Å². The Labute approximate surface area is 184 Å². The molecule has 29 heavy (non-hydrogen) atoms. The molecule has 2 atom stereocenters. The van der Waals surface area contributed by atoms with E-state index in [0.717, 1.165) is 30.9 Å². The highest BCUT2D eigenvalue weighted by Crippen LogP contribution is 2.45. The predicted molar refractivity (Wildman–Crippen MR) is 119 cm³/mol. The Bertz CT molecular complexity index is 1160. The molecule has 0 N–H and O–H groups in total. The van der Waals surface area contributed by atoms with Gasteiger partial charge in [-0.3, -0.25) is 9.69 Å². The number of carbonyl (C=O) groups is 1. The second-order valence-corrected chi connectivity index (χ2v) is 9.95. The minimum atomic E-state index is -0.590. The quantitative estimate of drug-likeness (QED) is 0.287. The average Bonchev–Trinajstić information content (AvgIpc) is 3.37. The molecule has 2 aromatic heterocycles. The number of halogens is 1. The first-order valence-corrected chi connectivity index (χ1v) is 11.7. The maximum absolute atomic E-state index is 12.5. The molecule has 9 heteroatoms. The summed E-state index contributed by atoms with van der Waals surface area (Å²) in [6.07, 6.45) is 0. The zero-order valence-corrected chi connectivity index (χ0v) is 18.3. The summed E-state index contributed by atoms with van der Waals surface area (Å²) < 4.78 is 7.29. The number of amides is 1. The van der Waals surface area contributed by atoms with Gasteiger partial charge >= 0.3 is 0 Å². The first-order valence-electron chi connectivity index (χ1n) is 8.74. The van der Waals surface area contributed by atoms with Crippen molar-refractivity contribution in [1.82, 2.24) is 9.97 Å². The van der Waals surface area contributed by atoms with Crippen molar-refractivity contribution in [2.75, 3.05) is 12.0 Å². The molecule has 1 saturated heterocycles. The van der Waals surface area contributed by atoms with E-state index in [9.17, 15) is 4.79 Å². The van der Waals surface area contributed by atoms with Gasteiger partial charge in [0.1, 0.15) is 16.2 Å². The summed E-state index contributed by atoms with van der Waals surface area (Å²) in [5.41, 5.74) is 1.94. The Morgan fingerprint density at radius 1 is 1.14 bits per heavy atom. The zero-order valence-electron chi connectivity index (χ0n) is 15.1. The van der Waals surface area contributed by atoms with E-state index in [1.165, 1.54) is 23.1 Å². The highest BCUT2D eigenvalue weighted by molar-refractivity contribution is 8.01. The Morgan fingerprint density at radius 3 is 2.69 bits per heavy atom. The molecule has 4 aromatic rings. The van der Waals surface area contributed by atoms with Crippen molar-refractivity contribution in [1.29, 1.82) is 0 Å². The fourth-order valence-corrected chi connectivity index (χ4v) is 6.51. The number of methoxy groups -OCH3 is 1. The van der Waals surface area contributed by atoms with Gasteiger partial charge in [0.05, 0.1) is 23.4 Å². The minimum Gasteiger partial charge on any atom is -0.497 e. The number of para-hydroxylation sites is 1. The van der Waals surface area contributed by atoms with E-state index in [2.05, 4.69) is 16.0 Å². The lowest BCUT2D eigenvalue weighted by molar-refractivity contribution is -0.123. The molecule has 3 heterocycles. The summed E-state index contributed by atoms with van der Waals surface area (Å²) in [5, 5.41) is 2.83. The number of anilines is 1. The number of hydrogen-bond acceptors (Lipinski definition) is 7.